The number of rotatable bonds is 5. The van der Waals surface area contributed by atoms with E-state index in [4.69, 9.17) is 19.9 Å². The number of fused-ring (bicyclic) bond motifs is 4. The lowest BCUT2D eigenvalue weighted by Gasteiger charge is -2.17. The molecule has 8 aromatic carbocycles. The summed E-state index contributed by atoms with van der Waals surface area (Å²) in [5.41, 5.74) is 10.2. The van der Waals surface area contributed by atoms with Crippen molar-refractivity contribution in [1.29, 1.82) is 0 Å². The molecule has 0 bridgehead atoms. The molecule has 0 saturated heterocycles. The van der Waals surface area contributed by atoms with Gasteiger partial charge in [0, 0.05) is 33.0 Å². The first-order valence-electron chi connectivity index (χ1n) is 17.5. The van der Waals surface area contributed by atoms with Gasteiger partial charge in [-0.05, 0) is 44.8 Å². The highest BCUT2D eigenvalue weighted by atomic mass is 14.9. The fourth-order valence-corrected chi connectivity index (χ4v) is 7.48. The second-order valence-electron chi connectivity index (χ2n) is 13.0. The maximum atomic E-state index is 5.22. The largest absolute Gasteiger partial charge is 0.228 e. The van der Waals surface area contributed by atoms with Gasteiger partial charge in [-0.15, -0.1) is 0 Å². The lowest BCUT2D eigenvalue weighted by Crippen LogP contribution is -1.97. The van der Waals surface area contributed by atoms with Gasteiger partial charge in [0.1, 0.15) is 0 Å². The van der Waals surface area contributed by atoms with E-state index in [-0.39, 0.29) is 0 Å². The van der Waals surface area contributed by atoms with Crippen molar-refractivity contribution >= 4 is 43.4 Å². The molecular formula is C48H30N4. The summed E-state index contributed by atoms with van der Waals surface area (Å²) >= 11 is 0. The first kappa shape index (κ1) is 29.8. The van der Waals surface area contributed by atoms with E-state index in [0.717, 1.165) is 77.9 Å². The van der Waals surface area contributed by atoms with Crippen LogP contribution in [0.15, 0.2) is 182 Å². The van der Waals surface area contributed by atoms with E-state index in [1.54, 1.807) is 0 Å². The van der Waals surface area contributed by atoms with Crippen LogP contribution >= 0.6 is 0 Å². The minimum Gasteiger partial charge on any atom is -0.228 e. The zero-order valence-corrected chi connectivity index (χ0v) is 28.1. The van der Waals surface area contributed by atoms with Gasteiger partial charge in [-0.25, -0.2) is 19.9 Å². The van der Waals surface area contributed by atoms with Gasteiger partial charge in [0.15, 0.2) is 11.6 Å². The second-order valence-corrected chi connectivity index (χ2v) is 13.0. The molecule has 0 amide bonds. The molecule has 242 valence electrons. The van der Waals surface area contributed by atoms with E-state index in [2.05, 4.69) is 133 Å². The minimum absolute atomic E-state index is 0.719. The molecule has 0 N–H and O–H groups in total. The van der Waals surface area contributed by atoms with Crippen molar-refractivity contribution in [2.45, 2.75) is 0 Å². The average molecular weight is 663 g/mol. The minimum atomic E-state index is 0.719. The molecule has 4 nitrogen and oxygen atoms in total. The molecule has 0 aliphatic heterocycles. The van der Waals surface area contributed by atoms with Crippen molar-refractivity contribution in [1.82, 2.24) is 19.9 Å². The van der Waals surface area contributed by atoms with Crippen LogP contribution in [0, 0.1) is 0 Å². The smallest absolute Gasteiger partial charge is 0.160 e. The Balaban J connectivity index is 1.18. The Bertz CT molecular complexity index is 2750. The molecule has 52 heavy (non-hydrogen) atoms. The van der Waals surface area contributed by atoms with Gasteiger partial charge in [-0.1, -0.05) is 170 Å². The fourth-order valence-electron chi connectivity index (χ4n) is 7.48. The van der Waals surface area contributed by atoms with Crippen LogP contribution in [0.5, 0.6) is 0 Å². The van der Waals surface area contributed by atoms with E-state index in [9.17, 15) is 0 Å². The van der Waals surface area contributed by atoms with Gasteiger partial charge in [0.25, 0.3) is 0 Å². The lowest BCUT2D eigenvalue weighted by atomic mass is 9.88. The van der Waals surface area contributed by atoms with Crippen LogP contribution in [0.4, 0.5) is 0 Å². The standard InChI is InChI=1S/C48H30N4/c1-3-15-31(16-4-1)47-49-43-25-13-11-23-41(43)45(51-47)39-29-27-37(33-19-7-9-21-35(33)39)38-28-30-40(36-22-10-8-20-34(36)38)46-42-24-12-14-26-44(42)50-48(52-46)32-17-5-2-6-18-32/h1-30H. The number of hydrogen-bond donors (Lipinski definition) is 0. The number of aromatic nitrogens is 4. The van der Waals surface area contributed by atoms with Crippen LogP contribution in [0.25, 0.3) is 99.8 Å². The first-order chi connectivity index (χ1) is 25.8. The topological polar surface area (TPSA) is 51.6 Å². The van der Waals surface area contributed by atoms with Gasteiger partial charge in [-0.2, -0.15) is 0 Å². The molecule has 0 aliphatic rings. The summed E-state index contributed by atoms with van der Waals surface area (Å²) in [5, 5.41) is 6.68. The highest BCUT2D eigenvalue weighted by Crippen LogP contribution is 2.42. The van der Waals surface area contributed by atoms with E-state index in [1.165, 1.54) is 21.9 Å². The van der Waals surface area contributed by atoms with Crippen LogP contribution in [-0.4, -0.2) is 19.9 Å². The number of benzene rings is 8. The van der Waals surface area contributed by atoms with Crippen molar-refractivity contribution in [3.63, 3.8) is 0 Å². The fraction of sp³-hybridized carbons (Fsp3) is 0. The van der Waals surface area contributed by atoms with Crippen LogP contribution in [0.2, 0.25) is 0 Å². The van der Waals surface area contributed by atoms with Crippen molar-refractivity contribution in [3.05, 3.63) is 182 Å². The predicted molar refractivity (Wildman–Crippen MR) is 215 cm³/mol. The van der Waals surface area contributed by atoms with E-state index in [1.807, 2.05) is 48.5 Å². The van der Waals surface area contributed by atoms with Gasteiger partial charge < -0.3 is 0 Å². The molecule has 10 aromatic rings. The normalized spacial score (nSPS) is 11.5. The number of nitrogens with zero attached hydrogens (tertiary/aromatic N) is 4. The molecule has 0 fully saturated rings. The van der Waals surface area contributed by atoms with Crippen LogP contribution in [0.1, 0.15) is 0 Å². The van der Waals surface area contributed by atoms with Crippen LogP contribution in [-0.2, 0) is 0 Å². The highest BCUT2D eigenvalue weighted by molar-refractivity contribution is 6.14. The van der Waals surface area contributed by atoms with E-state index < -0.39 is 0 Å². The molecule has 2 aromatic heterocycles. The Morgan fingerprint density at radius 3 is 0.942 bits per heavy atom. The molecule has 0 unspecified atom stereocenters. The molecule has 4 heteroatoms. The zero-order chi connectivity index (χ0) is 34.4. The summed E-state index contributed by atoms with van der Waals surface area (Å²) in [4.78, 5) is 20.4. The third kappa shape index (κ3) is 5.00. The monoisotopic (exact) mass is 662 g/mol. The molecule has 0 atom stereocenters. The quantitative estimate of drug-likeness (QED) is 0.184. The third-order valence-electron chi connectivity index (χ3n) is 9.92. The molecule has 2 heterocycles. The molecular weight excluding hydrogens is 633 g/mol. The third-order valence-corrected chi connectivity index (χ3v) is 9.92. The number of hydrogen-bond acceptors (Lipinski definition) is 4. The summed E-state index contributed by atoms with van der Waals surface area (Å²) in [6.45, 7) is 0. The van der Waals surface area contributed by atoms with Gasteiger partial charge in [0.2, 0.25) is 0 Å². The Kier molecular flexibility index (Phi) is 7.10. The van der Waals surface area contributed by atoms with Crippen molar-refractivity contribution in [2.75, 3.05) is 0 Å². The Morgan fingerprint density at radius 1 is 0.231 bits per heavy atom. The Morgan fingerprint density at radius 2 is 0.538 bits per heavy atom. The molecule has 0 aliphatic carbocycles. The second kappa shape index (κ2) is 12.4. The van der Waals surface area contributed by atoms with Gasteiger partial charge in [-0.3, -0.25) is 0 Å². The summed E-state index contributed by atoms with van der Waals surface area (Å²) in [7, 11) is 0. The zero-order valence-electron chi connectivity index (χ0n) is 28.1. The van der Waals surface area contributed by atoms with Gasteiger partial charge >= 0.3 is 0 Å². The Labute approximate surface area is 300 Å². The van der Waals surface area contributed by atoms with Crippen LogP contribution in [0.3, 0.4) is 0 Å². The van der Waals surface area contributed by atoms with E-state index in [0.29, 0.717) is 0 Å². The summed E-state index contributed by atoms with van der Waals surface area (Å²) in [6.07, 6.45) is 0. The maximum Gasteiger partial charge on any atom is 0.160 e. The average Bonchev–Trinajstić information content (AvgIpc) is 3.23. The van der Waals surface area contributed by atoms with E-state index >= 15 is 0 Å². The Hall–Kier alpha value is -7.04. The predicted octanol–water partition coefficient (Wildman–Crippen LogP) is 12.2. The highest BCUT2D eigenvalue weighted by Gasteiger charge is 2.19. The van der Waals surface area contributed by atoms with Crippen molar-refractivity contribution in [2.24, 2.45) is 0 Å². The summed E-state index contributed by atoms with van der Waals surface area (Å²) < 4.78 is 0. The molecule has 10 rings (SSSR count). The number of para-hydroxylation sites is 2. The lowest BCUT2D eigenvalue weighted by molar-refractivity contribution is 1.23. The SMILES string of the molecule is c1ccc(-c2nc(-c3ccc(-c4ccc(-c5nc(-c6ccccc6)nc6ccccc56)c5ccccc45)c4ccccc34)c3ccccc3n2)cc1. The van der Waals surface area contributed by atoms with Crippen LogP contribution < -0.4 is 0 Å². The summed E-state index contributed by atoms with van der Waals surface area (Å²) in [5.74, 6) is 1.44. The van der Waals surface area contributed by atoms with Crippen molar-refractivity contribution in [3.8, 4) is 56.4 Å². The summed E-state index contributed by atoms with van der Waals surface area (Å²) in [6, 6.07) is 63.3. The molecule has 0 saturated carbocycles. The maximum absolute atomic E-state index is 5.22. The molecule has 0 spiro atoms. The first-order valence-corrected chi connectivity index (χ1v) is 17.5. The van der Waals surface area contributed by atoms with Crippen molar-refractivity contribution < 1.29 is 0 Å². The van der Waals surface area contributed by atoms with Gasteiger partial charge in [0.05, 0.1) is 22.4 Å². The molecule has 0 radical (unpaired) electrons.